The number of esters is 1. The minimum Gasteiger partial charge on any atom is -0.469 e. The number of halogens is 1. The lowest BCUT2D eigenvalue weighted by atomic mass is 9.95. The molecule has 1 amide bonds. The summed E-state index contributed by atoms with van der Waals surface area (Å²) in [6.45, 7) is 2.22. The standard InChI is InChI=1S/C19H28N4O3.ClH/c1-22(11-3-4-17(24)26-2)19(25)15-9-12-23(13-10-15)16-7-5-14(6-8-16)18(20)21;/h5-8,15H,3-4,9-13H2,1-2H3,(H3,20,21);1H. The third-order valence-electron chi connectivity index (χ3n) is 4.87. The van der Waals surface area contributed by atoms with Crippen LogP contribution in [0.25, 0.3) is 0 Å². The Balaban J connectivity index is 0.00000364. The van der Waals surface area contributed by atoms with Crippen molar-refractivity contribution in [3.8, 4) is 0 Å². The van der Waals surface area contributed by atoms with Gasteiger partial charge in [0.15, 0.2) is 0 Å². The van der Waals surface area contributed by atoms with Gasteiger partial charge in [-0.05, 0) is 43.5 Å². The SMILES string of the molecule is COC(=O)CCCN(C)C(=O)C1CCN(c2ccc(C(=N)N)cc2)CC1.Cl. The second-order valence-corrected chi connectivity index (χ2v) is 6.66. The molecule has 0 saturated carbocycles. The summed E-state index contributed by atoms with van der Waals surface area (Å²) in [5, 5.41) is 7.44. The summed E-state index contributed by atoms with van der Waals surface area (Å²) in [4.78, 5) is 27.7. The fourth-order valence-electron chi connectivity index (χ4n) is 3.22. The van der Waals surface area contributed by atoms with Crippen molar-refractivity contribution in [1.82, 2.24) is 4.90 Å². The molecule has 8 heteroatoms. The number of nitrogen functional groups attached to an aromatic ring is 1. The van der Waals surface area contributed by atoms with Crippen LogP contribution >= 0.6 is 12.4 Å². The minimum atomic E-state index is -0.241. The Morgan fingerprint density at radius 2 is 1.85 bits per heavy atom. The highest BCUT2D eigenvalue weighted by molar-refractivity contribution is 5.95. The van der Waals surface area contributed by atoms with Gasteiger partial charge < -0.3 is 20.3 Å². The number of carbonyl (C=O) groups is 2. The normalized spacial score (nSPS) is 14.2. The van der Waals surface area contributed by atoms with Crippen LogP contribution in [0.5, 0.6) is 0 Å². The van der Waals surface area contributed by atoms with E-state index in [4.69, 9.17) is 11.1 Å². The van der Waals surface area contributed by atoms with Gasteiger partial charge in [0, 0.05) is 50.3 Å². The number of hydrogen-bond donors (Lipinski definition) is 2. The first-order valence-corrected chi connectivity index (χ1v) is 8.93. The number of benzene rings is 1. The van der Waals surface area contributed by atoms with E-state index in [0.29, 0.717) is 24.9 Å². The van der Waals surface area contributed by atoms with Crippen molar-refractivity contribution in [2.75, 3.05) is 38.7 Å². The van der Waals surface area contributed by atoms with E-state index in [2.05, 4.69) is 9.64 Å². The average Bonchev–Trinajstić information content (AvgIpc) is 2.67. The molecule has 1 fully saturated rings. The van der Waals surface area contributed by atoms with Crippen LogP contribution in [0.2, 0.25) is 0 Å². The molecule has 0 aromatic heterocycles. The second-order valence-electron chi connectivity index (χ2n) is 6.66. The van der Waals surface area contributed by atoms with Gasteiger partial charge in [-0.15, -0.1) is 12.4 Å². The van der Waals surface area contributed by atoms with Gasteiger partial charge in [-0.3, -0.25) is 15.0 Å². The number of nitrogens with one attached hydrogen (secondary N) is 1. The molecular weight excluding hydrogens is 368 g/mol. The number of carbonyl (C=O) groups excluding carboxylic acids is 2. The smallest absolute Gasteiger partial charge is 0.305 e. The van der Waals surface area contributed by atoms with E-state index in [1.165, 1.54) is 7.11 Å². The van der Waals surface area contributed by atoms with E-state index < -0.39 is 0 Å². The predicted molar refractivity (Wildman–Crippen MR) is 109 cm³/mol. The van der Waals surface area contributed by atoms with Crippen molar-refractivity contribution in [3.05, 3.63) is 29.8 Å². The first-order valence-electron chi connectivity index (χ1n) is 8.93. The summed E-state index contributed by atoms with van der Waals surface area (Å²) < 4.78 is 4.62. The Morgan fingerprint density at radius 3 is 2.37 bits per heavy atom. The largest absolute Gasteiger partial charge is 0.469 e. The Morgan fingerprint density at radius 1 is 1.26 bits per heavy atom. The average molecular weight is 397 g/mol. The summed E-state index contributed by atoms with van der Waals surface area (Å²) in [7, 11) is 3.17. The molecule has 0 aliphatic carbocycles. The van der Waals surface area contributed by atoms with Crippen LogP contribution < -0.4 is 10.6 Å². The lowest BCUT2D eigenvalue weighted by molar-refractivity contribution is -0.141. The molecule has 0 bridgehead atoms. The van der Waals surface area contributed by atoms with E-state index in [9.17, 15) is 9.59 Å². The van der Waals surface area contributed by atoms with Gasteiger partial charge in [0.1, 0.15) is 5.84 Å². The first-order chi connectivity index (χ1) is 12.4. The lowest BCUT2D eigenvalue weighted by Crippen LogP contribution is -2.41. The van der Waals surface area contributed by atoms with E-state index in [1.54, 1.807) is 11.9 Å². The van der Waals surface area contributed by atoms with Crippen molar-refractivity contribution in [3.63, 3.8) is 0 Å². The molecule has 1 aromatic carbocycles. The molecule has 7 nitrogen and oxygen atoms in total. The highest BCUT2D eigenvalue weighted by atomic mass is 35.5. The van der Waals surface area contributed by atoms with Crippen molar-refractivity contribution in [2.45, 2.75) is 25.7 Å². The third-order valence-corrected chi connectivity index (χ3v) is 4.87. The minimum absolute atomic E-state index is 0. The van der Waals surface area contributed by atoms with Gasteiger partial charge in [0.2, 0.25) is 5.91 Å². The zero-order chi connectivity index (χ0) is 19.1. The van der Waals surface area contributed by atoms with Gasteiger partial charge in [-0.25, -0.2) is 0 Å². The monoisotopic (exact) mass is 396 g/mol. The van der Waals surface area contributed by atoms with E-state index in [1.807, 2.05) is 24.3 Å². The zero-order valence-electron chi connectivity index (χ0n) is 15.9. The molecule has 27 heavy (non-hydrogen) atoms. The van der Waals surface area contributed by atoms with Gasteiger partial charge in [-0.2, -0.15) is 0 Å². The number of ether oxygens (including phenoxy) is 1. The lowest BCUT2D eigenvalue weighted by Gasteiger charge is -2.34. The van der Waals surface area contributed by atoms with Crippen molar-refractivity contribution < 1.29 is 14.3 Å². The fourth-order valence-corrected chi connectivity index (χ4v) is 3.22. The summed E-state index contributed by atoms with van der Waals surface area (Å²) in [6, 6.07) is 7.64. The van der Waals surface area contributed by atoms with E-state index in [0.717, 1.165) is 31.6 Å². The third kappa shape index (κ3) is 6.43. The molecule has 150 valence electrons. The van der Waals surface area contributed by atoms with Gasteiger partial charge in [0.05, 0.1) is 7.11 Å². The Hall–Kier alpha value is -2.28. The highest BCUT2D eigenvalue weighted by Crippen LogP contribution is 2.24. The predicted octanol–water partition coefficient (Wildman–Crippen LogP) is 2.02. The van der Waals surface area contributed by atoms with Crippen molar-refractivity contribution in [2.24, 2.45) is 11.7 Å². The second kappa shape index (κ2) is 10.8. The number of amides is 1. The number of methoxy groups -OCH3 is 1. The maximum atomic E-state index is 12.6. The summed E-state index contributed by atoms with van der Waals surface area (Å²) >= 11 is 0. The molecule has 1 saturated heterocycles. The molecular formula is C19H29ClN4O3. The molecule has 3 N–H and O–H groups in total. The number of nitrogens with zero attached hydrogens (tertiary/aromatic N) is 2. The number of hydrogen-bond acceptors (Lipinski definition) is 5. The van der Waals surface area contributed by atoms with E-state index in [-0.39, 0.29) is 36.0 Å². The summed E-state index contributed by atoms with van der Waals surface area (Å²) in [5.74, 6) is 0.0124. The van der Waals surface area contributed by atoms with Crippen LogP contribution in [0.3, 0.4) is 0 Å². The van der Waals surface area contributed by atoms with Gasteiger partial charge >= 0.3 is 5.97 Å². The van der Waals surface area contributed by atoms with Crippen LogP contribution in [-0.4, -0.2) is 56.4 Å². The highest BCUT2D eigenvalue weighted by Gasteiger charge is 2.27. The molecule has 0 radical (unpaired) electrons. The number of nitrogens with two attached hydrogens (primary N) is 1. The number of piperidine rings is 1. The van der Waals surface area contributed by atoms with E-state index >= 15 is 0 Å². The van der Waals surface area contributed by atoms with Crippen LogP contribution in [0.4, 0.5) is 5.69 Å². The zero-order valence-corrected chi connectivity index (χ0v) is 16.8. The Bertz CT molecular complexity index is 643. The molecule has 1 aromatic rings. The van der Waals surface area contributed by atoms with Crippen LogP contribution in [0, 0.1) is 11.3 Å². The molecule has 1 aliphatic rings. The molecule has 2 rings (SSSR count). The molecule has 0 spiro atoms. The summed E-state index contributed by atoms with van der Waals surface area (Å²) in [6.07, 6.45) is 2.59. The van der Waals surface area contributed by atoms with Crippen LogP contribution in [0.1, 0.15) is 31.2 Å². The Kier molecular flexibility index (Phi) is 9.08. The number of anilines is 1. The van der Waals surface area contributed by atoms with Crippen molar-refractivity contribution >= 4 is 35.8 Å². The maximum absolute atomic E-state index is 12.6. The molecule has 0 unspecified atom stereocenters. The molecule has 1 aliphatic heterocycles. The Labute approximate surface area is 166 Å². The van der Waals surface area contributed by atoms with Gasteiger partial charge in [-0.1, -0.05) is 0 Å². The van der Waals surface area contributed by atoms with Gasteiger partial charge in [0.25, 0.3) is 0 Å². The molecule has 1 heterocycles. The fraction of sp³-hybridized carbons (Fsp3) is 0.526. The van der Waals surface area contributed by atoms with Crippen molar-refractivity contribution in [1.29, 1.82) is 5.41 Å². The molecule has 0 atom stereocenters. The first kappa shape index (κ1) is 22.8. The number of amidine groups is 1. The van der Waals surface area contributed by atoms with Crippen LogP contribution in [-0.2, 0) is 14.3 Å². The maximum Gasteiger partial charge on any atom is 0.305 e. The quantitative estimate of drug-likeness (QED) is 0.417. The summed E-state index contributed by atoms with van der Waals surface area (Å²) in [5.41, 5.74) is 7.29. The number of rotatable bonds is 7. The topological polar surface area (TPSA) is 99.7 Å². The van der Waals surface area contributed by atoms with Crippen LogP contribution in [0.15, 0.2) is 24.3 Å².